The topological polar surface area (TPSA) is 110 Å². The van der Waals surface area contributed by atoms with Crippen molar-refractivity contribution in [1.29, 1.82) is 0 Å². The number of nitrogens with zero attached hydrogens (tertiary/aromatic N) is 5. The molecule has 266 valence electrons. The van der Waals surface area contributed by atoms with Crippen LogP contribution in [0, 0.1) is 25.1 Å². The molecule has 9 rings (SSSR count). The number of carbonyl (C=O) groups excluding carboxylic acids is 1. The zero-order valence-corrected chi connectivity index (χ0v) is 29.8. The van der Waals surface area contributed by atoms with Gasteiger partial charge in [0.2, 0.25) is 5.88 Å². The van der Waals surface area contributed by atoms with E-state index in [4.69, 9.17) is 31.0 Å². The molecule has 2 saturated heterocycles. The lowest BCUT2D eigenvalue weighted by Crippen LogP contribution is -2.36. The average molecular weight is 720 g/mol. The molecule has 2 N–H and O–H groups in total. The van der Waals surface area contributed by atoms with Crippen molar-refractivity contribution >= 4 is 50.9 Å². The minimum atomic E-state index is -0.394. The van der Waals surface area contributed by atoms with Crippen LogP contribution >= 0.6 is 11.6 Å². The third-order valence-electron chi connectivity index (χ3n) is 11.2. The Bertz CT molecular complexity index is 2340. The molecular weight excluding hydrogens is 681 g/mol. The van der Waals surface area contributed by atoms with Gasteiger partial charge in [-0.25, -0.2) is 9.37 Å². The standard InChI is InChI=1S/C40H39ClFN7O3/c1-23-16-26(17-30-24(2)46-47-37(23)30)39(50)43-28-8-9-34-33(19-28)44-38(49(34)21-29-10-15-51-29)31-20-40(31)11-13-48(14-12-40)35-4-3-5-36(45-35)52-22-25-6-7-27(41)18-32(25)42/h3-9,16-19,29,31H,10-15,20-22H2,1-2H3,(H,43,50)(H,46,47)/t29-,31?/m0/s1. The van der Waals surface area contributed by atoms with Gasteiger partial charge in [-0.2, -0.15) is 10.1 Å². The number of hydrogen-bond acceptors (Lipinski definition) is 7. The monoisotopic (exact) mass is 719 g/mol. The van der Waals surface area contributed by atoms with Crippen LogP contribution in [0.3, 0.4) is 0 Å². The van der Waals surface area contributed by atoms with Crippen molar-refractivity contribution < 1.29 is 18.7 Å². The highest BCUT2D eigenvalue weighted by atomic mass is 35.5. The summed E-state index contributed by atoms with van der Waals surface area (Å²) in [5, 5.41) is 11.8. The van der Waals surface area contributed by atoms with E-state index in [1.165, 1.54) is 6.07 Å². The molecule has 1 unspecified atom stereocenters. The van der Waals surface area contributed by atoms with Crippen molar-refractivity contribution in [3.05, 3.63) is 106 Å². The third-order valence-corrected chi connectivity index (χ3v) is 11.4. The van der Waals surface area contributed by atoms with Gasteiger partial charge in [0.1, 0.15) is 24.1 Å². The highest BCUT2D eigenvalue weighted by Gasteiger charge is 2.57. The van der Waals surface area contributed by atoms with E-state index in [1.54, 1.807) is 18.2 Å². The number of aromatic amines is 1. The van der Waals surface area contributed by atoms with Gasteiger partial charge < -0.3 is 24.3 Å². The molecule has 1 spiro atoms. The summed E-state index contributed by atoms with van der Waals surface area (Å²) in [5.74, 6) is 2.23. The summed E-state index contributed by atoms with van der Waals surface area (Å²) in [4.78, 5) is 25.7. The molecule has 6 aromatic rings. The van der Waals surface area contributed by atoms with Gasteiger partial charge in [0, 0.05) is 64.6 Å². The van der Waals surface area contributed by atoms with Crippen LogP contribution in [0.2, 0.25) is 5.02 Å². The number of aryl methyl sites for hydroxylation is 2. The molecule has 3 fully saturated rings. The fraction of sp³-hybridized carbons (Fsp3) is 0.350. The van der Waals surface area contributed by atoms with Crippen LogP contribution < -0.4 is 15.0 Å². The number of aromatic nitrogens is 5. The molecule has 10 nitrogen and oxygen atoms in total. The first-order valence-corrected chi connectivity index (χ1v) is 18.3. The fourth-order valence-corrected chi connectivity index (χ4v) is 8.12. The number of H-pyrrole nitrogens is 1. The number of piperidine rings is 1. The number of benzene rings is 3. The van der Waals surface area contributed by atoms with E-state index < -0.39 is 5.82 Å². The highest BCUT2D eigenvalue weighted by Crippen LogP contribution is 2.65. The van der Waals surface area contributed by atoms with Crippen LogP contribution in [-0.2, 0) is 17.9 Å². The molecular formula is C40H39ClFN7O3. The SMILES string of the molecule is Cc1[nH]nc2c(C)cc(C(=O)Nc3ccc4c(c3)nc(C3CC35CCN(c3cccc(OCc6ccc(Cl)cc6F)n3)CC5)n4C[C@@H]3CCO3)cc12. The molecule has 0 bridgehead atoms. The van der Waals surface area contributed by atoms with Crippen LogP contribution in [0.25, 0.3) is 21.9 Å². The zero-order valence-electron chi connectivity index (χ0n) is 29.1. The van der Waals surface area contributed by atoms with Gasteiger partial charge in [-0.3, -0.25) is 9.89 Å². The normalized spacial score (nSPS) is 19.3. The molecule has 5 heterocycles. The van der Waals surface area contributed by atoms with Crippen molar-refractivity contribution in [3.63, 3.8) is 0 Å². The molecule has 52 heavy (non-hydrogen) atoms. The number of fused-ring (bicyclic) bond motifs is 2. The maximum Gasteiger partial charge on any atom is 0.255 e. The maximum absolute atomic E-state index is 14.3. The lowest BCUT2D eigenvalue weighted by Gasteiger charge is -2.34. The van der Waals surface area contributed by atoms with E-state index in [0.717, 1.165) is 96.8 Å². The van der Waals surface area contributed by atoms with Gasteiger partial charge in [-0.15, -0.1) is 0 Å². The quantitative estimate of drug-likeness (QED) is 0.155. The van der Waals surface area contributed by atoms with E-state index in [1.807, 2.05) is 50.2 Å². The maximum atomic E-state index is 14.3. The lowest BCUT2D eigenvalue weighted by molar-refractivity contribution is -0.0590. The molecule has 1 saturated carbocycles. The second-order valence-corrected chi connectivity index (χ2v) is 15.0. The molecule has 3 aliphatic rings. The van der Waals surface area contributed by atoms with E-state index in [0.29, 0.717) is 33.6 Å². The molecule has 3 aromatic heterocycles. The number of pyridine rings is 1. The molecule has 1 aliphatic carbocycles. The summed E-state index contributed by atoms with van der Waals surface area (Å²) in [6.45, 7) is 7.34. The molecule has 12 heteroatoms. The minimum absolute atomic E-state index is 0.0761. The summed E-state index contributed by atoms with van der Waals surface area (Å²) < 4.78 is 28.4. The molecule has 3 aromatic carbocycles. The van der Waals surface area contributed by atoms with Crippen LogP contribution in [0.1, 0.15) is 64.6 Å². The molecule has 0 radical (unpaired) electrons. The van der Waals surface area contributed by atoms with Crippen LogP contribution in [0.5, 0.6) is 5.88 Å². The predicted molar refractivity (Wildman–Crippen MR) is 199 cm³/mol. The molecule has 2 atom stereocenters. The first-order chi connectivity index (χ1) is 25.2. The molecule has 2 aliphatic heterocycles. The van der Waals surface area contributed by atoms with Crippen molar-refractivity contribution in [2.24, 2.45) is 5.41 Å². The minimum Gasteiger partial charge on any atom is -0.473 e. The summed E-state index contributed by atoms with van der Waals surface area (Å²) in [6.07, 6.45) is 4.39. The number of hydrogen-bond donors (Lipinski definition) is 2. The van der Waals surface area contributed by atoms with Crippen molar-refractivity contribution in [3.8, 4) is 5.88 Å². The van der Waals surface area contributed by atoms with E-state index in [-0.39, 0.29) is 24.0 Å². The first-order valence-electron chi connectivity index (χ1n) is 17.9. The Hall–Kier alpha value is -5.00. The van der Waals surface area contributed by atoms with Crippen molar-refractivity contribution in [1.82, 2.24) is 24.7 Å². The van der Waals surface area contributed by atoms with Gasteiger partial charge in [-0.05, 0) is 99.0 Å². The summed E-state index contributed by atoms with van der Waals surface area (Å²) in [6, 6.07) is 20.1. The zero-order chi connectivity index (χ0) is 35.6. The Labute approximate surface area is 305 Å². The van der Waals surface area contributed by atoms with Crippen molar-refractivity contribution in [2.75, 3.05) is 29.9 Å². The van der Waals surface area contributed by atoms with Gasteiger partial charge in [-0.1, -0.05) is 23.7 Å². The van der Waals surface area contributed by atoms with E-state index >= 15 is 0 Å². The van der Waals surface area contributed by atoms with Gasteiger partial charge in [0.05, 0.1) is 29.2 Å². The lowest BCUT2D eigenvalue weighted by atomic mass is 9.90. The van der Waals surface area contributed by atoms with Crippen LogP contribution in [0.4, 0.5) is 15.9 Å². The number of carbonyl (C=O) groups is 1. The average Bonchev–Trinajstić information content (AvgIpc) is 3.47. The Kier molecular flexibility index (Phi) is 8.15. The highest BCUT2D eigenvalue weighted by molar-refractivity contribution is 6.30. The number of anilines is 2. The van der Waals surface area contributed by atoms with E-state index in [2.05, 4.69) is 31.0 Å². The Morgan fingerprint density at radius 2 is 1.94 bits per heavy atom. The van der Waals surface area contributed by atoms with Crippen molar-refractivity contribution in [2.45, 2.75) is 64.7 Å². The Morgan fingerprint density at radius 1 is 1.10 bits per heavy atom. The van der Waals surface area contributed by atoms with Gasteiger partial charge >= 0.3 is 0 Å². The second kappa shape index (κ2) is 12.9. The number of imidazole rings is 1. The number of halogens is 2. The largest absolute Gasteiger partial charge is 0.473 e. The summed E-state index contributed by atoms with van der Waals surface area (Å²) >= 11 is 5.90. The number of nitrogens with one attached hydrogen (secondary N) is 2. The first kappa shape index (κ1) is 32.9. The molecule has 1 amide bonds. The number of rotatable bonds is 9. The summed E-state index contributed by atoms with van der Waals surface area (Å²) in [5.41, 5.74) is 6.64. The van der Waals surface area contributed by atoms with Crippen LogP contribution in [0.15, 0.2) is 66.7 Å². The number of amides is 1. The Morgan fingerprint density at radius 3 is 2.73 bits per heavy atom. The second-order valence-electron chi connectivity index (χ2n) is 14.5. The fourth-order valence-electron chi connectivity index (χ4n) is 7.96. The Balaban J connectivity index is 0.903. The van der Waals surface area contributed by atoms with E-state index in [9.17, 15) is 9.18 Å². The van der Waals surface area contributed by atoms with Crippen LogP contribution in [-0.4, -0.2) is 56.4 Å². The number of ether oxygens (including phenoxy) is 2. The smallest absolute Gasteiger partial charge is 0.255 e. The third kappa shape index (κ3) is 6.05. The van der Waals surface area contributed by atoms with Gasteiger partial charge in [0.25, 0.3) is 5.91 Å². The predicted octanol–water partition coefficient (Wildman–Crippen LogP) is 8.11. The summed E-state index contributed by atoms with van der Waals surface area (Å²) in [7, 11) is 0. The van der Waals surface area contributed by atoms with Gasteiger partial charge in [0.15, 0.2) is 0 Å².